The summed E-state index contributed by atoms with van der Waals surface area (Å²) in [5.41, 5.74) is 0.803. The molecule has 0 amide bonds. The average Bonchev–Trinajstić information content (AvgIpc) is 2.20. The smallest absolute Gasteiger partial charge is 0.159 e. The van der Waals surface area contributed by atoms with Crippen molar-refractivity contribution in [2.24, 2.45) is 0 Å². The van der Waals surface area contributed by atoms with Crippen molar-refractivity contribution in [1.82, 2.24) is 4.90 Å². The molecule has 1 aromatic carbocycles. The van der Waals surface area contributed by atoms with Crippen LogP contribution < -0.4 is 0 Å². The summed E-state index contributed by atoms with van der Waals surface area (Å²) in [5.74, 6) is -0.517. The highest BCUT2D eigenvalue weighted by molar-refractivity contribution is 7.98. The van der Waals surface area contributed by atoms with Gasteiger partial charge in [0.15, 0.2) is 11.6 Å². The molecule has 0 saturated heterocycles. The van der Waals surface area contributed by atoms with Gasteiger partial charge in [-0.3, -0.25) is 0 Å². The van der Waals surface area contributed by atoms with Crippen molar-refractivity contribution < 1.29 is 8.78 Å². The molecule has 4 heteroatoms. The Kier molecular flexibility index (Phi) is 5.05. The third-order valence-corrected chi connectivity index (χ3v) is 2.70. The maximum atomic E-state index is 12.9. The number of thioether (sulfide) groups is 1. The van der Waals surface area contributed by atoms with Crippen LogP contribution in [0.1, 0.15) is 5.56 Å². The largest absolute Gasteiger partial charge is 0.301 e. The molecule has 15 heavy (non-hydrogen) atoms. The zero-order chi connectivity index (χ0) is 11.3. The maximum Gasteiger partial charge on any atom is 0.159 e. The predicted octanol–water partition coefficient (Wildman–Crippen LogP) is 2.76. The van der Waals surface area contributed by atoms with E-state index in [1.807, 2.05) is 13.3 Å². The summed E-state index contributed by atoms with van der Waals surface area (Å²) < 4.78 is 25.5. The van der Waals surface area contributed by atoms with E-state index >= 15 is 0 Å². The van der Waals surface area contributed by atoms with E-state index < -0.39 is 11.6 Å². The number of halogens is 2. The summed E-state index contributed by atoms with van der Waals surface area (Å²) in [6, 6.07) is 4.05. The van der Waals surface area contributed by atoms with Crippen LogP contribution in [0.5, 0.6) is 0 Å². The first kappa shape index (κ1) is 12.5. The number of nitrogens with zero attached hydrogens (tertiary/aromatic N) is 1. The Morgan fingerprint density at radius 3 is 2.60 bits per heavy atom. The molecule has 0 radical (unpaired) electrons. The van der Waals surface area contributed by atoms with Crippen molar-refractivity contribution >= 4 is 11.8 Å². The van der Waals surface area contributed by atoms with Crippen molar-refractivity contribution in [3.8, 4) is 0 Å². The van der Waals surface area contributed by atoms with E-state index in [0.29, 0.717) is 6.54 Å². The first-order valence-electron chi connectivity index (χ1n) is 4.75. The second kappa shape index (κ2) is 6.08. The maximum absolute atomic E-state index is 12.9. The van der Waals surface area contributed by atoms with Crippen LogP contribution in [0.15, 0.2) is 18.2 Å². The molecule has 0 unspecified atom stereocenters. The fourth-order valence-electron chi connectivity index (χ4n) is 1.28. The summed E-state index contributed by atoms with van der Waals surface area (Å²) in [6.07, 6.45) is 2.05. The molecule has 1 aromatic rings. The first-order chi connectivity index (χ1) is 7.13. The number of hydrogen-bond acceptors (Lipinski definition) is 2. The predicted molar refractivity (Wildman–Crippen MR) is 61.1 cm³/mol. The van der Waals surface area contributed by atoms with Crippen LogP contribution in [0.2, 0.25) is 0 Å². The molecule has 0 spiro atoms. The van der Waals surface area contributed by atoms with Gasteiger partial charge in [-0.15, -0.1) is 0 Å². The van der Waals surface area contributed by atoms with E-state index in [0.717, 1.165) is 17.9 Å². The minimum atomic E-state index is -0.787. The molecule has 1 nitrogen and oxygen atoms in total. The molecule has 0 aromatic heterocycles. The molecular weight excluding hydrogens is 216 g/mol. The summed E-state index contributed by atoms with van der Waals surface area (Å²) >= 11 is 1.77. The van der Waals surface area contributed by atoms with Crippen LogP contribution in [0, 0.1) is 11.6 Å². The molecule has 84 valence electrons. The second-order valence-corrected chi connectivity index (χ2v) is 4.46. The third kappa shape index (κ3) is 4.18. The topological polar surface area (TPSA) is 3.24 Å². The molecule has 0 atom stereocenters. The van der Waals surface area contributed by atoms with Gasteiger partial charge in [0, 0.05) is 18.8 Å². The summed E-state index contributed by atoms with van der Waals surface area (Å²) in [5, 5.41) is 0. The molecule has 0 aliphatic heterocycles. The molecule has 0 aliphatic carbocycles. The molecule has 0 saturated carbocycles. The van der Waals surface area contributed by atoms with E-state index in [9.17, 15) is 8.78 Å². The van der Waals surface area contributed by atoms with Crippen molar-refractivity contribution in [2.45, 2.75) is 6.54 Å². The van der Waals surface area contributed by atoms with E-state index in [1.165, 1.54) is 12.1 Å². The van der Waals surface area contributed by atoms with E-state index in [2.05, 4.69) is 4.90 Å². The number of benzene rings is 1. The Hall–Kier alpha value is -0.610. The fraction of sp³-hybridized carbons (Fsp3) is 0.455. The van der Waals surface area contributed by atoms with Gasteiger partial charge in [0.05, 0.1) is 0 Å². The lowest BCUT2D eigenvalue weighted by Crippen LogP contribution is -2.20. The molecular formula is C11H15F2NS. The highest BCUT2D eigenvalue weighted by atomic mass is 32.2. The summed E-state index contributed by atoms with van der Waals surface area (Å²) in [7, 11) is 1.97. The molecule has 0 N–H and O–H groups in total. The van der Waals surface area contributed by atoms with E-state index in [-0.39, 0.29) is 0 Å². The Labute approximate surface area is 93.5 Å². The highest BCUT2D eigenvalue weighted by Crippen LogP contribution is 2.10. The quantitative estimate of drug-likeness (QED) is 0.766. The molecule has 0 fully saturated rings. The van der Waals surface area contributed by atoms with Gasteiger partial charge < -0.3 is 4.90 Å². The minimum Gasteiger partial charge on any atom is -0.301 e. The van der Waals surface area contributed by atoms with Crippen molar-refractivity contribution in [3.05, 3.63) is 35.4 Å². The Balaban J connectivity index is 2.53. The van der Waals surface area contributed by atoms with Crippen LogP contribution in [0.25, 0.3) is 0 Å². The molecule has 0 heterocycles. The zero-order valence-electron chi connectivity index (χ0n) is 8.96. The van der Waals surface area contributed by atoms with Crippen molar-refractivity contribution in [1.29, 1.82) is 0 Å². The summed E-state index contributed by atoms with van der Waals surface area (Å²) in [4.78, 5) is 2.09. The number of rotatable bonds is 5. The molecule has 0 bridgehead atoms. The summed E-state index contributed by atoms with van der Waals surface area (Å²) in [6.45, 7) is 1.60. The third-order valence-electron chi connectivity index (χ3n) is 2.11. The van der Waals surface area contributed by atoms with Crippen LogP contribution in [0.3, 0.4) is 0 Å². The normalized spacial score (nSPS) is 11.0. The Morgan fingerprint density at radius 2 is 2.00 bits per heavy atom. The van der Waals surface area contributed by atoms with Crippen molar-refractivity contribution in [3.63, 3.8) is 0 Å². The lowest BCUT2D eigenvalue weighted by atomic mass is 10.2. The lowest BCUT2D eigenvalue weighted by molar-refractivity contribution is 0.347. The monoisotopic (exact) mass is 231 g/mol. The van der Waals surface area contributed by atoms with Gasteiger partial charge in [-0.2, -0.15) is 11.8 Å². The van der Waals surface area contributed by atoms with E-state index in [1.54, 1.807) is 17.8 Å². The van der Waals surface area contributed by atoms with Crippen LogP contribution >= 0.6 is 11.8 Å². The highest BCUT2D eigenvalue weighted by Gasteiger charge is 2.04. The van der Waals surface area contributed by atoms with Gasteiger partial charge in [0.2, 0.25) is 0 Å². The standard InChI is InChI=1S/C11H15F2NS/c1-14(5-6-15-2)8-9-3-4-10(12)11(13)7-9/h3-4,7H,5-6,8H2,1-2H3. The average molecular weight is 231 g/mol. The zero-order valence-corrected chi connectivity index (χ0v) is 9.78. The Morgan fingerprint density at radius 1 is 1.27 bits per heavy atom. The minimum absolute atomic E-state index is 0.651. The van der Waals surface area contributed by atoms with Crippen molar-refractivity contribution in [2.75, 3.05) is 25.6 Å². The SMILES string of the molecule is CSCCN(C)Cc1ccc(F)c(F)c1. The van der Waals surface area contributed by atoms with Crippen LogP contribution in [-0.4, -0.2) is 30.5 Å². The van der Waals surface area contributed by atoms with Crippen LogP contribution in [-0.2, 0) is 6.54 Å². The second-order valence-electron chi connectivity index (χ2n) is 3.48. The van der Waals surface area contributed by atoms with Gasteiger partial charge in [0.25, 0.3) is 0 Å². The van der Waals surface area contributed by atoms with E-state index in [4.69, 9.17) is 0 Å². The van der Waals surface area contributed by atoms with Gasteiger partial charge in [-0.25, -0.2) is 8.78 Å². The molecule has 1 rings (SSSR count). The van der Waals surface area contributed by atoms with Gasteiger partial charge >= 0.3 is 0 Å². The fourth-order valence-corrected chi connectivity index (χ4v) is 1.77. The number of hydrogen-bond donors (Lipinski definition) is 0. The first-order valence-corrected chi connectivity index (χ1v) is 6.14. The Bertz CT molecular complexity index is 317. The molecule has 0 aliphatic rings. The van der Waals surface area contributed by atoms with Gasteiger partial charge in [0.1, 0.15) is 0 Å². The lowest BCUT2D eigenvalue weighted by Gasteiger charge is -2.15. The van der Waals surface area contributed by atoms with Gasteiger partial charge in [-0.1, -0.05) is 6.07 Å². The van der Waals surface area contributed by atoms with Gasteiger partial charge in [-0.05, 0) is 31.0 Å². The van der Waals surface area contributed by atoms with Crippen LogP contribution in [0.4, 0.5) is 8.78 Å².